The van der Waals surface area contributed by atoms with Crippen LogP contribution in [0.5, 0.6) is 11.5 Å². The molecular weight excluding hydrogens is 572 g/mol. The van der Waals surface area contributed by atoms with Gasteiger partial charge in [-0.15, -0.1) is 0 Å². The minimum atomic E-state index is -4.48. The van der Waals surface area contributed by atoms with Crippen LogP contribution in [0, 0.1) is 0 Å². The van der Waals surface area contributed by atoms with E-state index in [1.165, 1.54) is 33.4 Å². The van der Waals surface area contributed by atoms with Gasteiger partial charge in [0.1, 0.15) is 0 Å². The topological polar surface area (TPSA) is 18.5 Å². The van der Waals surface area contributed by atoms with Crippen molar-refractivity contribution < 1.29 is 26.8 Å². The van der Waals surface area contributed by atoms with E-state index in [-0.39, 0.29) is 6.25 Å². The van der Waals surface area contributed by atoms with Gasteiger partial charge in [-0.1, -0.05) is 0 Å². The Labute approximate surface area is 238 Å². The summed E-state index contributed by atoms with van der Waals surface area (Å²) in [5, 5.41) is 3.38. The van der Waals surface area contributed by atoms with Gasteiger partial charge in [0.2, 0.25) is 0 Å². The summed E-state index contributed by atoms with van der Waals surface area (Å²) in [4.78, 5) is 0. The molecule has 0 fully saturated rings. The van der Waals surface area contributed by atoms with Crippen LogP contribution in [0.1, 0.15) is 66.5 Å². The first-order valence-corrected chi connectivity index (χ1v) is 18.1. The molecule has 0 amide bonds. The molecule has 0 bridgehead atoms. The zero-order valence-electron chi connectivity index (χ0n) is 23.1. The molecule has 5 heteroatoms. The standard InChI is InChI=1S/2C9H13.2C7H6OS.Zr/c2*1-6-5-7(2)9(4)8(6)3;2*8-7-3-1-6(5-9)2-4-7;/h2*5H,1-4H3;2*1-5,8H;/q;;;;+2/p-2. The summed E-state index contributed by atoms with van der Waals surface area (Å²) in [7, 11) is 0. The van der Waals surface area contributed by atoms with E-state index < -0.39 is 21.1 Å². The molecule has 2 atom stereocenters. The van der Waals surface area contributed by atoms with Crippen LogP contribution in [0.15, 0.2) is 94.1 Å². The molecule has 2 aromatic carbocycles. The molecule has 4 rings (SSSR count). The number of hydrogen-bond donors (Lipinski definition) is 0. The van der Waals surface area contributed by atoms with Gasteiger partial charge in [-0.2, -0.15) is 0 Å². The maximum atomic E-state index is 7.42. The first-order valence-electron chi connectivity index (χ1n) is 12.7. The van der Waals surface area contributed by atoms with Crippen LogP contribution in [0.25, 0.3) is 0 Å². The van der Waals surface area contributed by atoms with Crippen molar-refractivity contribution in [3.05, 3.63) is 105 Å². The third-order valence-corrected chi connectivity index (χ3v) is 21.2. The van der Waals surface area contributed by atoms with Crippen LogP contribution in [0.2, 0.25) is 6.25 Å². The van der Waals surface area contributed by atoms with Crippen molar-refractivity contribution in [3.8, 4) is 11.5 Å². The monoisotopic (exact) mass is 606 g/mol. The summed E-state index contributed by atoms with van der Waals surface area (Å²) in [5.74, 6) is 1.64. The van der Waals surface area contributed by atoms with Gasteiger partial charge in [-0.3, -0.25) is 0 Å². The van der Waals surface area contributed by atoms with Gasteiger partial charge in [0.05, 0.1) is 0 Å². The second kappa shape index (κ2) is 10.3. The molecule has 192 valence electrons. The van der Waals surface area contributed by atoms with E-state index in [0.29, 0.717) is 0 Å². The van der Waals surface area contributed by atoms with Gasteiger partial charge in [-0.25, -0.2) is 0 Å². The van der Waals surface area contributed by atoms with E-state index in [2.05, 4.69) is 67.5 Å². The molecule has 2 unspecified atom stereocenters. The predicted octanol–water partition coefficient (Wildman–Crippen LogP) is 9.77. The molecule has 37 heavy (non-hydrogen) atoms. The molecule has 0 saturated carbocycles. The molecule has 0 aromatic heterocycles. The van der Waals surface area contributed by atoms with Gasteiger partial charge in [0.25, 0.3) is 0 Å². The second-order valence-corrected chi connectivity index (χ2v) is 20.4. The Hall–Kier alpha value is -1.94. The Morgan fingerprint density at radius 2 is 0.919 bits per heavy atom. The predicted molar refractivity (Wildman–Crippen MR) is 161 cm³/mol. The van der Waals surface area contributed by atoms with E-state index >= 15 is 0 Å². The number of rotatable bonds is 8. The number of allylic oxidation sites excluding steroid dienone is 8. The van der Waals surface area contributed by atoms with Crippen LogP contribution in [-0.4, -0.2) is 10.7 Å². The fourth-order valence-electron chi connectivity index (χ4n) is 5.90. The van der Waals surface area contributed by atoms with Gasteiger partial charge in [0, 0.05) is 0 Å². The van der Waals surface area contributed by atoms with Crippen molar-refractivity contribution in [2.24, 2.45) is 0 Å². The maximum absolute atomic E-state index is 7.42. The van der Waals surface area contributed by atoms with E-state index in [1.54, 1.807) is 10.7 Å². The summed E-state index contributed by atoms with van der Waals surface area (Å²) in [6.07, 6.45) is 4.83. The Kier molecular flexibility index (Phi) is 7.83. The van der Waals surface area contributed by atoms with E-state index in [1.807, 2.05) is 48.5 Å². The average Bonchev–Trinajstić information content (AvgIpc) is 3.23. The number of hydrogen-bond acceptors (Lipinski definition) is 4. The van der Waals surface area contributed by atoms with Gasteiger partial charge >= 0.3 is 240 Å². The molecule has 0 spiro atoms. The van der Waals surface area contributed by atoms with Crippen molar-refractivity contribution in [2.45, 2.75) is 61.6 Å². The van der Waals surface area contributed by atoms with Crippen LogP contribution >= 0.6 is 24.4 Å². The Bertz CT molecular complexity index is 1270. The number of thiocarbonyl (C=S) groups is 2. The van der Waals surface area contributed by atoms with E-state index in [4.69, 9.17) is 30.1 Å². The molecule has 0 saturated heterocycles. The van der Waals surface area contributed by atoms with E-state index in [9.17, 15) is 0 Å². The first kappa shape index (κ1) is 28.1. The Balaban J connectivity index is 2.05. The molecule has 0 N–H and O–H groups in total. The van der Waals surface area contributed by atoms with Gasteiger partial charge in [0.15, 0.2) is 0 Å². The summed E-state index contributed by atoms with van der Waals surface area (Å²) in [5.41, 5.74) is 9.87. The van der Waals surface area contributed by atoms with E-state index in [0.717, 1.165) is 22.6 Å². The molecule has 2 nitrogen and oxygen atoms in total. The second-order valence-electron chi connectivity index (χ2n) is 10.8. The Morgan fingerprint density at radius 3 is 1.16 bits per heavy atom. The summed E-state index contributed by atoms with van der Waals surface area (Å²) >= 11 is 5.84. The molecular formula is C32H36O2S2Zr. The fourth-order valence-corrected chi connectivity index (χ4v) is 18.7. The van der Waals surface area contributed by atoms with Gasteiger partial charge < -0.3 is 0 Å². The van der Waals surface area contributed by atoms with Crippen LogP contribution in [-0.2, 0) is 21.1 Å². The zero-order chi connectivity index (χ0) is 27.2. The van der Waals surface area contributed by atoms with Crippen molar-refractivity contribution in [2.75, 3.05) is 0 Å². The average molecular weight is 608 g/mol. The van der Waals surface area contributed by atoms with Crippen molar-refractivity contribution >= 4 is 35.2 Å². The summed E-state index contributed by atoms with van der Waals surface area (Å²) in [6.45, 7) is 18.0. The quantitative estimate of drug-likeness (QED) is 0.278. The Morgan fingerprint density at radius 1 is 0.595 bits per heavy atom. The molecule has 2 aliphatic rings. The molecule has 0 radical (unpaired) electrons. The number of benzene rings is 2. The SMILES string of the molecule is CC1=C[C](C)([Zr]([O]c2ccc(C=S)cc2)([O]c2ccc(C=S)cc2)[C]2(C)C=C(C)C(C)=C2C)C(C)=C1C. The normalized spacial score (nSPS) is 23.7. The summed E-state index contributed by atoms with van der Waals surface area (Å²) < 4.78 is 14.1. The minimum absolute atomic E-state index is 0.369. The summed E-state index contributed by atoms with van der Waals surface area (Å²) in [6, 6.07) is 16.2. The zero-order valence-corrected chi connectivity index (χ0v) is 27.2. The van der Waals surface area contributed by atoms with Crippen molar-refractivity contribution in [1.29, 1.82) is 0 Å². The molecule has 2 aliphatic carbocycles. The van der Waals surface area contributed by atoms with Crippen LogP contribution < -0.4 is 5.63 Å². The van der Waals surface area contributed by atoms with Crippen molar-refractivity contribution in [1.82, 2.24) is 0 Å². The van der Waals surface area contributed by atoms with Crippen LogP contribution in [0.4, 0.5) is 0 Å². The molecule has 0 heterocycles. The van der Waals surface area contributed by atoms with Crippen LogP contribution in [0.3, 0.4) is 0 Å². The molecule has 0 aliphatic heterocycles. The molecule has 2 aromatic rings. The van der Waals surface area contributed by atoms with Crippen molar-refractivity contribution in [3.63, 3.8) is 0 Å². The van der Waals surface area contributed by atoms with Gasteiger partial charge in [-0.05, 0) is 0 Å². The fraction of sp³-hybridized carbons (Fsp3) is 0.312. The third kappa shape index (κ3) is 4.52. The first-order chi connectivity index (χ1) is 17.4. The third-order valence-electron chi connectivity index (χ3n) is 8.80.